The van der Waals surface area contributed by atoms with Gasteiger partial charge in [-0.15, -0.1) is 11.3 Å². The molecule has 0 radical (unpaired) electrons. The summed E-state index contributed by atoms with van der Waals surface area (Å²) in [6, 6.07) is 4.82. The summed E-state index contributed by atoms with van der Waals surface area (Å²) in [5.74, 6) is -0.869. The molecule has 0 saturated carbocycles. The smallest absolute Gasteiger partial charge is 0.187 e. The molecule has 0 unspecified atom stereocenters. The van der Waals surface area contributed by atoms with Gasteiger partial charge in [-0.3, -0.25) is 9.78 Å². The Kier molecular flexibility index (Phi) is 3.60. The van der Waals surface area contributed by atoms with E-state index in [1.54, 1.807) is 17.5 Å². The Bertz CT molecular complexity index is 655. The highest BCUT2D eigenvalue weighted by molar-refractivity contribution is 7.11. The molecule has 3 nitrogen and oxygen atoms in total. The van der Waals surface area contributed by atoms with Gasteiger partial charge in [-0.05, 0) is 24.3 Å². The number of hydrogen-bond donors (Lipinski definition) is 0. The fraction of sp³-hybridized carbons (Fsp3) is 0. The number of hydrogen-bond acceptors (Lipinski definition) is 4. The van der Waals surface area contributed by atoms with Crippen molar-refractivity contribution in [3.63, 3.8) is 0 Å². The van der Waals surface area contributed by atoms with Crippen molar-refractivity contribution >= 4 is 23.2 Å². The van der Waals surface area contributed by atoms with E-state index in [0.717, 1.165) is 17.1 Å². The van der Waals surface area contributed by atoms with E-state index in [0.29, 0.717) is 5.56 Å². The fourth-order valence-corrected chi connectivity index (χ4v) is 2.02. The molecule has 2 heterocycles. The summed E-state index contributed by atoms with van der Waals surface area (Å²) in [6.45, 7) is 0. The Balaban J connectivity index is 2.14. The van der Waals surface area contributed by atoms with E-state index in [4.69, 9.17) is 5.26 Å². The van der Waals surface area contributed by atoms with Crippen LogP contribution in [0, 0.1) is 17.1 Å². The summed E-state index contributed by atoms with van der Waals surface area (Å²) in [4.78, 5) is 16.1. The van der Waals surface area contributed by atoms with E-state index >= 15 is 0 Å². The van der Waals surface area contributed by atoms with Crippen molar-refractivity contribution in [3.8, 4) is 6.07 Å². The SMILES string of the molecule is N#Cc1csc(/C=C/C(=O)c2cncc(F)c2)c1. The molecule has 2 aromatic rings. The molecule has 88 valence electrons. The van der Waals surface area contributed by atoms with E-state index in [2.05, 4.69) is 4.98 Å². The third-order valence-corrected chi connectivity index (χ3v) is 3.04. The summed E-state index contributed by atoms with van der Waals surface area (Å²) in [5.41, 5.74) is 0.753. The molecule has 0 saturated heterocycles. The molecule has 0 aliphatic rings. The first kappa shape index (κ1) is 12.1. The van der Waals surface area contributed by atoms with E-state index in [-0.39, 0.29) is 11.3 Å². The van der Waals surface area contributed by atoms with Crippen LogP contribution in [0.3, 0.4) is 0 Å². The van der Waals surface area contributed by atoms with Gasteiger partial charge in [0, 0.05) is 22.0 Å². The van der Waals surface area contributed by atoms with Crippen molar-refractivity contribution < 1.29 is 9.18 Å². The highest BCUT2D eigenvalue weighted by Gasteiger charge is 2.03. The van der Waals surface area contributed by atoms with Crippen molar-refractivity contribution in [2.75, 3.05) is 0 Å². The van der Waals surface area contributed by atoms with E-state index in [9.17, 15) is 9.18 Å². The lowest BCUT2D eigenvalue weighted by atomic mass is 10.2. The first-order valence-corrected chi connectivity index (χ1v) is 5.88. The molecule has 0 aliphatic carbocycles. The van der Waals surface area contributed by atoms with Gasteiger partial charge in [0.15, 0.2) is 5.78 Å². The second-order valence-electron chi connectivity index (χ2n) is 3.44. The number of halogens is 1. The van der Waals surface area contributed by atoms with Crippen LogP contribution >= 0.6 is 11.3 Å². The van der Waals surface area contributed by atoms with Gasteiger partial charge in [-0.1, -0.05) is 0 Å². The Morgan fingerprint density at radius 1 is 1.44 bits per heavy atom. The summed E-state index contributed by atoms with van der Waals surface area (Å²) >= 11 is 1.36. The number of aromatic nitrogens is 1. The topological polar surface area (TPSA) is 53.8 Å². The normalized spacial score (nSPS) is 10.4. The predicted molar refractivity (Wildman–Crippen MR) is 66.6 cm³/mol. The Hall–Kier alpha value is -2.32. The summed E-state index contributed by atoms with van der Waals surface area (Å²) < 4.78 is 12.9. The quantitative estimate of drug-likeness (QED) is 0.628. The molecule has 2 rings (SSSR count). The monoisotopic (exact) mass is 258 g/mol. The maximum absolute atomic E-state index is 12.9. The molecule has 2 aromatic heterocycles. The third kappa shape index (κ3) is 2.87. The highest BCUT2D eigenvalue weighted by atomic mass is 32.1. The van der Waals surface area contributed by atoms with Crippen LogP contribution in [-0.4, -0.2) is 10.8 Å². The minimum absolute atomic E-state index is 0.198. The number of pyridine rings is 1. The van der Waals surface area contributed by atoms with Gasteiger partial charge in [-0.2, -0.15) is 5.26 Å². The number of nitriles is 1. The predicted octanol–water partition coefficient (Wildman–Crippen LogP) is 3.05. The van der Waals surface area contributed by atoms with Crippen molar-refractivity contribution in [1.82, 2.24) is 4.98 Å². The van der Waals surface area contributed by atoms with Gasteiger partial charge in [0.1, 0.15) is 11.9 Å². The molecule has 0 spiro atoms. The van der Waals surface area contributed by atoms with Crippen LogP contribution in [0.1, 0.15) is 20.8 Å². The lowest BCUT2D eigenvalue weighted by Crippen LogP contribution is -1.95. The van der Waals surface area contributed by atoms with Crippen molar-refractivity contribution in [3.05, 3.63) is 57.8 Å². The highest BCUT2D eigenvalue weighted by Crippen LogP contribution is 2.15. The standard InChI is InChI=1S/C13H7FN2OS/c14-11-4-10(6-16-7-11)13(17)2-1-12-3-9(5-15)8-18-12/h1-4,6-8H/b2-1+. The summed E-state index contributed by atoms with van der Waals surface area (Å²) in [7, 11) is 0. The summed E-state index contributed by atoms with van der Waals surface area (Å²) in [6.07, 6.45) is 5.28. The molecule has 0 bridgehead atoms. The van der Waals surface area contributed by atoms with Gasteiger partial charge in [0.05, 0.1) is 11.8 Å². The molecule has 0 atom stereocenters. The summed E-state index contributed by atoms with van der Waals surface area (Å²) in [5, 5.41) is 10.4. The Morgan fingerprint density at radius 3 is 2.94 bits per heavy atom. The lowest BCUT2D eigenvalue weighted by molar-refractivity contribution is 0.104. The lowest BCUT2D eigenvalue weighted by Gasteiger charge is -1.94. The van der Waals surface area contributed by atoms with Crippen molar-refractivity contribution in [2.45, 2.75) is 0 Å². The molecule has 0 aliphatic heterocycles. The van der Waals surface area contributed by atoms with Gasteiger partial charge >= 0.3 is 0 Å². The van der Waals surface area contributed by atoms with Gasteiger partial charge in [-0.25, -0.2) is 4.39 Å². The zero-order valence-electron chi connectivity index (χ0n) is 9.13. The molecule has 0 fully saturated rings. The van der Waals surface area contributed by atoms with Crippen LogP contribution < -0.4 is 0 Å². The van der Waals surface area contributed by atoms with E-state index in [1.165, 1.54) is 23.6 Å². The minimum Gasteiger partial charge on any atom is -0.289 e. The zero-order chi connectivity index (χ0) is 13.0. The zero-order valence-corrected chi connectivity index (χ0v) is 9.95. The molecule has 0 aromatic carbocycles. The fourth-order valence-electron chi connectivity index (χ4n) is 1.30. The minimum atomic E-state index is -0.544. The maximum Gasteiger partial charge on any atom is 0.187 e. The number of ketones is 1. The number of carbonyl (C=O) groups is 1. The van der Waals surface area contributed by atoms with Crippen LogP contribution in [0.15, 0.2) is 36.0 Å². The number of thiophene rings is 1. The van der Waals surface area contributed by atoms with E-state index < -0.39 is 5.82 Å². The second-order valence-corrected chi connectivity index (χ2v) is 4.38. The first-order valence-electron chi connectivity index (χ1n) is 5.00. The number of allylic oxidation sites excluding steroid dienone is 1. The van der Waals surface area contributed by atoms with Crippen LogP contribution in [-0.2, 0) is 0 Å². The number of carbonyl (C=O) groups excluding carboxylic acids is 1. The molecular weight excluding hydrogens is 251 g/mol. The average molecular weight is 258 g/mol. The van der Waals surface area contributed by atoms with Crippen LogP contribution in [0.5, 0.6) is 0 Å². The maximum atomic E-state index is 12.9. The van der Waals surface area contributed by atoms with Gasteiger partial charge in [0.25, 0.3) is 0 Å². The van der Waals surface area contributed by atoms with Crippen LogP contribution in [0.25, 0.3) is 6.08 Å². The average Bonchev–Trinajstić information content (AvgIpc) is 2.84. The molecule has 5 heteroatoms. The van der Waals surface area contributed by atoms with Crippen LogP contribution in [0.2, 0.25) is 0 Å². The Labute approximate surface area is 107 Å². The van der Waals surface area contributed by atoms with Gasteiger partial charge in [0.2, 0.25) is 0 Å². The second kappa shape index (κ2) is 5.34. The molecular formula is C13H7FN2OS. The van der Waals surface area contributed by atoms with Crippen molar-refractivity contribution in [1.29, 1.82) is 5.26 Å². The van der Waals surface area contributed by atoms with E-state index in [1.807, 2.05) is 6.07 Å². The molecule has 0 N–H and O–H groups in total. The third-order valence-electron chi connectivity index (χ3n) is 2.14. The number of rotatable bonds is 3. The molecule has 0 amide bonds. The largest absolute Gasteiger partial charge is 0.289 e. The molecule has 18 heavy (non-hydrogen) atoms. The Morgan fingerprint density at radius 2 is 2.28 bits per heavy atom. The first-order chi connectivity index (χ1) is 8.69. The number of nitrogens with zero attached hydrogens (tertiary/aromatic N) is 2. The van der Waals surface area contributed by atoms with Crippen LogP contribution in [0.4, 0.5) is 4.39 Å². The van der Waals surface area contributed by atoms with Crippen molar-refractivity contribution in [2.24, 2.45) is 0 Å². The van der Waals surface area contributed by atoms with Gasteiger partial charge < -0.3 is 0 Å².